The fourth-order valence-electron chi connectivity index (χ4n) is 4.15. The zero-order valence-corrected chi connectivity index (χ0v) is 16.8. The molecule has 3 aromatic carbocycles. The molecule has 3 aromatic rings. The van der Waals surface area contributed by atoms with Crippen LogP contribution in [0.15, 0.2) is 71.8 Å². The van der Waals surface area contributed by atoms with E-state index in [2.05, 4.69) is 6.07 Å². The van der Waals surface area contributed by atoms with E-state index in [1.807, 2.05) is 59.6 Å². The molecule has 1 N–H and O–H groups in total. The standard InChI is InChI=1S/C24H22N2O4/c1-28-15-11-12-22(29-2)18(13-15)24-26-20(17-8-4-6-10-23(17)30-24)14-19(25-26)16-7-3-5-9-21(16)27/h3-13,20,24,27H,14H2,1-2H3/t20-,24+/m0/s1. The van der Waals surface area contributed by atoms with Crippen LogP contribution in [0.1, 0.15) is 35.4 Å². The highest BCUT2D eigenvalue weighted by Crippen LogP contribution is 2.49. The molecule has 2 atom stereocenters. The van der Waals surface area contributed by atoms with Gasteiger partial charge >= 0.3 is 0 Å². The van der Waals surface area contributed by atoms with Crippen molar-refractivity contribution in [2.24, 2.45) is 5.10 Å². The van der Waals surface area contributed by atoms with E-state index in [4.69, 9.17) is 19.3 Å². The Morgan fingerprint density at radius 1 is 0.967 bits per heavy atom. The third kappa shape index (κ3) is 2.92. The summed E-state index contributed by atoms with van der Waals surface area (Å²) in [4.78, 5) is 0. The van der Waals surface area contributed by atoms with Crippen molar-refractivity contribution in [1.29, 1.82) is 0 Å². The smallest absolute Gasteiger partial charge is 0.217 e. The van der Waals surface area contributed by atoms with Crippen LogP contribution in [0.5, 0.6) is 23.0 Å². The van der Waals surface area contributed by atoms with Crippen LogP contribution in [0.4, 0.5) is 0 Å². The first-order chi connectivity index (χ1) is 14.7. The third-order valence-corrected chi connectivity index (χ3v) is 5.62. The molecule has 6 nitrogen and oxygen atoms in total. The minimum absolute atomic E-state index is 0.00883. The maximum Gasteiger partial charge on any atom is 0.217 e. The molecule has 0 unspecified atom stereocenters. The number of fused-ring (bicyclic) bond motifs is 3. The highest BCUT2D eigenvalue weighted by Gasteiger charge is 2.42. The van der Waals surface area contributed by atoms with Gasteiger partial charge in [-0.2, -0.15) is 5.10 Å². The molecule has 2 aliphatic heterocycles. The van der Waals surface area contributed by atoms with Crippen molar-refractivity contribution in [3.8, 4) is 23.0 Å². The van der Waals surface area contributed by atoms with Gasteiger partial charge in [-0.25, -0.2) is 5.01 Å². The Hall–Kier alpha value is -3.67. The van der Waals surface area contributed by atoms with E-state index >= 15 is 0 Å². The minimum Gasteiger partial charge on any atom is -0.507 e. The fraction of sp³-hybridized carbons (Fsp3) is 0.208. The zero-order chi connectivity index (χ0) is 20.7. The molecule has 6 heteroatoms. The Kier molecular flexibility index (Phi) is 4.47. The van der Waals surface area contributed by atoms with E-state index in [0.717, 1.165) is 28.2 Å². The van der Waals surface area contributed by atoms with Crippen LogP contribution in [-0.4, -0.2) is 30.0 Å². The van der Waals surface area contributed by atoms with Crippen molar-refractivity contribution < 1.29 is 19.3 Å². The normalized spacial score (nSPS) is 19.4. The average Bonchev–Trinajstić information content (AvgIpc) is 3.24. The number of para-hydroxylation sites is 2. The molecule has 5 rings (SSSR count). The largest absolute Gasteiger partial charge is 0.507 e. The molecule has 0 spiro atoms. The highest BCUT2D eigenvalue weighted by atomic mass is 16.5. The second-order valence-electron chi connectivity index (χ2n) is 7.28. The molecule has 152 valence electrons. The van der Waals surface area contributed by atoms with E-state index < -0.39 is 6.23 Å². The lowest BCUT2D eigenvalue weighted by Crippen LogP contribution is -2.33. The van der Waals surface area contributed by atoms with E-state index in [-0.39, 0.29) is 11.8 Å². The van der Waals surface area contributed by atoms with Crippen LogP contribution in [0.25, 0.3) is 0 Å². The van der Waals surface area contributed by atoms with Gasteiger partial charge in [0.1, 0.15) is 23.0 Å². The van der Waals surface area contributed by atoms with Crippen LogP contribution in [0.3, 0.4) is 0 Å². The van der Waals surface area contributed by atoms with Gasteiger partial charge in [0.25, 0.3) is 0 Å². The number of hydrogen-bond acceptors (Lipinski definition) is 6. The average molecular weight is 402 g/mol. The van der Waals surface area contributed by atoms with Crippen LogP contribution >= 0.6 is 0 Å². The molecular formula is C24H22N2O4. The first-order valence-electron chi connectivity index (χ1n) is 9.81. The predicted molar refractivity (Wildman–Crippen MR) is 113 cm³/mol. The topological polar surface area (TPSA) is 63.5 Å². The van der Waals surface area contributed by atoms with Gasteiger partial charge in [-0.05, 0) is 36.4 Å². The van der Waals surface area contributed by atoms with Gasteiger partial charge in [0.05, 0.1) is 31.5 Å². The molecule has 30 heavy (non-hydrogen) atoms. The number of benzene rings is 3. The summed E-state index contributed by atoms with van der Waals surface area (Å²) in [5.41, 5.74) is 3.47. The Morgan fingerprint density at radius 3 is 2.57 bits per heavy atom. The summed E-state index contributed by atoms with van der Waals surface area (Å²) in [5, 5.41) is 17.2. The van der Waals surface area contributed by atoms with Crippen molar-refractivity contribution >= 4 is 5.71 Å². The highest BCUT2D eigenvalue weighted by molar-refractivity contribution is 6.04. The molecule has 0 aromatic heterocycles. The maximum atomic E-state index is 10.4. The Bertz CT molecular complexity index is 1130. The Morgan fingerprint density at radius 2 is 1.77 bits per heavy atom. The number of ether oxygens (including phenoxy) is 3. The van der Waals surface area contributed by atoms with E-state index in [1.165, 1.54) is 0 Å². The lowest BCUT2D eigenvalue weighted by Gasteiger charge is -2.38. The number of rotatable bonds is 4. The summed E-state index contributed by atoms with van der Waals surface area (Å²) < 4.78 is 17.5. The molecule has 2 aliphatic rings. The number of phenols is 1. The zero-order valence-electron chi connectivity index (χ0n) is 16.8. The molecule has 0 radical (unpaired) electrons. The number of phenolic OH excluding ortho intramolecular Hbond substituents is 1. The molecule has 0 bridgehead atoms. The van der Waals surface area contributed by atoms with Gasteiger partial charge in [0.2, 0.25) is 6.23 Å². The number of methoxy groups -OCH3 is 2. The number of hydrogen-bond donors (Lipinski definition) is 1. The Labute approximate surface area is 174 Å². The van der Waals surface area contributed by atoms with Crippen molar-refractivity contribution in [2.45, 2.75) is 18.7 Å². The van der Waals surface area contributed by atoms with Crippen LogP contribution in [0.2, 0.25) is 0 Å². The SMILES string of the molecule is COc1ccc(OC)c([C@H]2Oc3ccccc3[C@@H]3CC(c4ccccc4O)=NN23)c1. The molecule has 0 saturated heterocycles. The third-order valence-electron chi connectivity index (χ3n) is 5.62. The molecule has 0 amide bonds. The quantitative estimate of drug-likeness (QED) is 0.688. The van der Waals surface area contributed by atoms with Gasteiger partial charge in [-0.3, -0.25) is 0 Å². The van der Waals surface area contributed by atoms with Crippen LogP contribution in [0, 0.1) is 0 Å². The van der Waals surface area contributed by atoms with Gasteiger partial charge in [-0.1, -0.05) is 30.3 Å². The summed E-state index contributed by atoms with van der Waals surface area (Å²) in [6.45, 7) is 0. The molecule has 2 heterocycles. The summed E-state index contributed by atoms with van der Waals surface area (Å²) in [5.74, 6) is 2.46. The summed E-state index contributed by atoms with van der Waals surface area (Å²) in [6, 6.07) is 20.9. The first kappa shape index (κ1) is 18.4. The van der Waals surface area contributed by atoms with Crippen molar-refractivity contribution in [1.82, 2.24) is 5.01 Å². The van der Waals surface area contributed by atoms with Gasteiger partial charge in [0, 0.05) is 17.5 Å². The molecule has 0 saturated carbocycles. The van der Waals surface area contributed by atoms with Crippen molar-refractivity contribution in [2.75, 3.05) is 14.2 Å². The van der Waals surface area contributed by atoms with E-state index in [9.17, 15) is 5.11 Å². The van der Waals surface area contributed by atoms with Gasteiger partial charge in [0.15, 0.2) is 0 Å². The fourth-order valence-corrected chi connectivity index (χ4v) is 4.15. The first-order valence-corrected chi connectivity index (χ1v) is 9.81. The second kappa shape index (κ2) is 7.30. The van der Waals surface area contributed by atoms with E-state index in [0.29, 0.717) is 17.9 Å². The molecule has 0 aliphatic carbocycles. The number of nitrogens with zero attached hydrogens (tertiary/aromatic N) is 2. The second-order valence-corrected chi connectivity index (χ2v) is 7.28. The van der Waals surface area contributed by atoms with Crippen molar-refractivity contribution in [3.63, 3.8) is 0 Å². The summed E-state index contributed by atoms with van der Waals surface area (Å²) in [7, 11) is 3.27. The van der Waals surface area contributed by atoms with Crippen molar-refractivity contribution in [3.05, 3.63) is 83.4 Å². The Balaban J connectivity index is 1.64. The maximum absolute atomic E-state index is 10.4. The summed E-state index contributed by atoms with van der Waals surface area (Å²) >= 11 is 0. The van der Waals surface area contributed by atoms with Crippen LogP contribution < -0.4 is 14.2 Å². The monoisotopic (exact) mass is 402 g/mol. The summed E-state index contributed by atoms with van der Waals surface area (Å²) in [6.07, 6.45) is 0.180. The lowest BCUT2D eigenvalue weighted by atomic mass is 9.95. The number of hydrazone groups is 1. The van der Waals surface area contributed by atoms with Gasteiger partial charge < -0.3 is 19.3 Å². The lowest BCUT2D eigenvalue weighted by molar-refractivity contribution is -0.0204. The molecule has 0 fully saturated rings. The van der Waals surface area contributed by atoms with E-state index in [1.54, 1.807) is 20.3 Å². The molecular weight excluding hydrogens is 380 g/mol. The predicted octanol–water partition coefficient (Wildman–Crippen LogP) is 4.65. The number of aromatic hydroxyl groups is 1. The van der Waals surface area contributed by atoms with Crippen LogP contribution in [-0.2, 0) is 0 Å². The minimum atomic E-state index is -0.488. The van der Waals surface area contributed by atoms with Gasteiger partial charge in [-0.15, -0.1) is 0 Å².